The molecule has 6 rings (SSSR count). The molecule has 2 aromatic rings. The van der Waals surface area contributed by atoms with Gasteiger partial charge in [0.25, 0.3) is 0 Å². The second-order valence-electron chi connectivity index (χ2n) is 8.02. The van der Waals surface area contributed by atoms with Crippen molar-refractivity contribution in [2.75, 3.05) is 6.16 Å². The number of fused-ring (bicyclic) bond motifs is 1. The van der Waals surface area contributed by atoms with Gasteiger partial charge in [0.05, 0.1) is 22.7 Å². The minimum atomic E-state index is 0.667. The van der Waals surface area contributed by atoms with Gasteiger partial charge in [0.1, 0.15) is 0 Å². The summed E-state index contributed by atoms with van der Waals surface area (Å²) in [4.78, 5) is 9.43. The summed E-state index contributed by atoms with van der Waals surface area (Å²) in [5.74, 6) is 3.16. The monoisotopic (exact) mass is 310 g/mol. The summed E-state index contributed by atoms with van der Waals surface area (Å²) in [5.41, 5.74) is 3.96. The first-order valence-corrected chi connectivity index (χ1v) is 9.94. The van der Waals surface area contributed by atoms with Crippen molar-refractivity contribution in [2.45, 2.75) is 38.5 Å². The van der Waals surface area contributed by atoms with Crippen molar-refractivity contribution in [3.8, 4) is 0 Å². The number of benzene rings is 1. The Morgan fingerprint density at radius 3 is 2.27 bits per heavy atom. The summed E-state index contributed by atoms with van der Waals surface area (Å²) < 4.78 is 0. The van der Waals surface area contributed by atoms with Crippen molar-refractivity contribution >= 4 is 25.0 Å². The molecule has 2 nitrogen and oxygen atoms in total. The van der Waals surface area contributed by atoms with Crippen LogP contribution in [0.2, 0.25) is 0 Å². The zero-order valence-electron chi connectivity index (χ0n) is 13.0. The molecule has 0 N–H and O–H groups in total. The number of rotatable bonds is 3. The van der Waals surface area contributed by atoms with Gasteiger partial charge in [-0.2, -0.15) is 0 Å². The van der Waals surface area contributed by atoms with Gasteiger partial charge in [-0.3, -0.25) is 4.98 Å². The number of nitrogens with zero attached hydrogens (tertiary/aromatic N) is 2. The predicted octanol–water partition coefficient (Wildman–Crippen LogP) is 4.15. The van der Waals surface area contributed by atoms with Crippen molar-refractivity contribution in [3.05, 3.63) is 30.5 Å². The molecule has 0 saturated heterocycles. The number of para-hydroxylation sites is 2. The molecule has 3 heteroatoms. The fourth-order valence-electron chi connectivity index (χ4n) is 5.83. The van der Waals surface area contributed by atoms with Crippen molar-refractivity contribution in [2.24, 2.45) is 23.2 Å². The van der Waals surface area contributed by atoms with Crippen LogP contribution >= 0.6 is 8.58 Å². The van der Waals surface area contributed by atoms with Crippen LogP contribution in [0.3, 0.4) is 0 Å². The van der Waals surface area contributed by atoms with Gasteiger partial charge in [-0.05, 0) is 80.0 Å². The third kappa shape index (κ3) is 2.27. The molecule has 4 bridgehead atoms. The first-order valence-electron chi connectivity index (χ1n) is 8.74. The van der Waals surface area contributed by atoms with E-state index >= 15 is 0 Å². The van der Waals surface area contributed by atoms with Gasteiger partial charge in [-0.25, -0.2) is 4.98 Å². The predicted molar refractivity (Wildman–Crippen MR) is 93.0 cm³/mol. The highest BCUT2D eigenvalue weighted by Crippen LogP contribution is 2.61. The SMILES string of the molecule is c1ccc2nc(PCC34CC5CC(CC(C5)C3)C4)cnc2c1. The average Bonchev–Trinajstić information content (AvgIpc) is 2.52. The minimum Gasteiger partial charge on any atom is -0.252 e. The molecule has 0 aliphatic heterocycles. The van der Waals surface area contributed by atoms with Crippen molar-refractivity contribution in [1.29, 1.82) is 0 Å². The molecule has 1 unspecified atom stereocenters. The van der Waals surface area contributed by atoms with E-state index in [1.807, 2.05) is 18.3 Å². The van der Waals surface area contributed by atoms with Gasteiger partial charge in [0, 0.05) is 0 Å². The number of hydrogen-bond donors (Lipinski definition) is 0. The molecule has 4 aliphatic carbocycles. The molecule has 22 heavy (non-hydrogen) atoms. The Bertz CT molecular complexity index is 676. The Balaban J connectivity index is 1.35. The fraction of sp³-hybridized carbons (Fsp3) is 0.579. The summed E-state index contributed by atoms with van der Waals surface area (Å²) in [6.45, 7) is 0. The summed E-state index contributed by atoms with van der Waals surface area (Å²) in [5, 5.41) is 0. The van der Waals surface area contributed by atoms with E-state index in [-0.39, 0.29) is 0 Å². The molecule has 114 valence electrons. The zero-order chi connectivity index (χ0) is 14.6. The van der Waals surface area contributed by atoms with Gasteiger partial charge < -0.3 is 0 Å². The van der Waals surface area contributed by atoms with Gasteiger partial charge in [-0.15, -0.1) is 0 Å². The molecule has 0 amide bonds. The summed E-state index contributed by atoms with van der Waals surface area (Å²) in [6.07, 6.45) is 12.5. The lowest BCUT2D eigenvalue weighted by Crippen LogP contribution is -2.47. The second kappa shape index (κ2) is 4.99. The fourth-order valence-corrected chi connectivity index (χ4v) is 7.17. The lowest BCUT2D eigenvalue weighted by molar-refractivity contribution is -0.0384. The van der Waals surface area contributed by atoms with Crippen LogP contribution in [-0.4, -0.2) is 16.1 Å². The molecule has 1 aromatic heterocycles. The topological polar surface area (TPSA) is 25.8 Å². The zero-order valence-corrected chi connectivity index (χ0v) is 14.0. The molecule has 0 spiro atoms. The average molecular weight is 310 g/mol. The largest absolute Gasteiger partial charge is 0.252 e. The van der Waals surface area contributed by atoms with Crippen LogP contribution < -0.4 is 5.44 Å². The molecule has 4 saturated carbocycles. The first kappa shape index (κ1) is 13.4. The van der Waals surface area contributed by atoms with Crippen LogP contribution in [0.15, 0.2) is 30.5 Å². The molecule has 4 fully saturated rings. The number of hydrogen-bond acceptors (Lipinski definition) is 2. The van der Waals surface area contributed by atoms with Gasteiger partial charge >= 0.3 is 0 Å². The molecule has 0 radical (unpaired) electrons. The quantitative estimate of drug-likeness (QED) is 0.796. The normalized spacial score (nSPS) is 36.6. The van der Waals surface area contributed by atoms with Crippen LogP contribution in [0.25, 0.3) is 11.0 Å². The molecular formula is C19H23N2P. The van der Waals surface area contributed by atoms with E-state index in [9.17, 15) is 0 Å². The highest BCUT2D eigenvalue weighted by molar-refractivity contribution is 7.46. The highest BCUT2D eigenvalue weighted by atomic mass is 31.1. The lowest BCUT2D eigenvalue weighted by Gasteiger charge is -2.57. The van der Waals surface area contributed by atoms with Crippen LogP contribution in [0.1, 0.15) is 38.5 Å². The van der Waals surface area contributed by atoms with Crippen LogP contribution in [-0.2, 0) is 0 Å². The van der Waals surface area contributed by atoms with Crippen molar-refractivity contribution in [3.63, 3.8) is 0 Å². The van der Waals surface area contributed by atoms with E-state index in [4.69, 9.17) is 4.98 Å². The maximum absolute atomic E-state index is 4.84. The van der Waals surface area contributed by atoms with E-state index in [2.05, 4.69) is 17.1 Å². The summed E-state index contributed by atoms with van der Waals surface area (Å²) in [6, 6.07) is 8.23. The van der Waals surface area contributed by atoms with E-state index in [0.29, 0.717) is 5.41 Å². The van der Waals surface area contributed by atoms with E-state index in [1.165, 1.54) is 50.1 Å². The third-order valence-corrected chi connectivity index (χ3v) is 7.79. The van der Waals surface area contributed by atoms with Crippen molar-refractivity contribution < 1.29 is 0 Å². The molecule has 1 heterocycles. The standard InChI is InChI=1S/C19H23N2P/c1-2-4-17-16(3-1)20-11-18(21-17)22-12-19-8-13-5-14(9-19)7-15(6-13)10-19/h1-4,11,13-15,22H,5-10,12H2. The van der Waals surface area contributed by atoms with E-state index in [0.717, 1.165) is 37.4 Å². The second-order valence-corrected chi connectivity index (χ2v) is 9.23. The first-order chi connectivity index (χ1) is 10.8. The Morgan fingerprint density at radius 1 is 0.955 bits per heavy atom. The summed E-state index contributed by atoms with van der Waals surface area (Å²) in [7, 11) is 0.837. The Labute approximate surface area is 133 Å². The highest BCUT2D eigenvalue weighted by Gasteiger charge is 2.50. The summed E-state index contributed by atoms with van der Waals surface area (Å²) >= 11 is 0. The van der Waals surface area contributed by atoms with Gasteiger partial charge in [0.15, 0.2) is 0 Å². The molecule has 4 aliphatic rings. The minimum absolute atomic E-state index is 0.667. The Morgan fingerprint density at radius 2 is 1.59 bits per heavy atom. The molecule has 1 aromatic carbocycles. The Hall–Kier alpha value is -1.01. The number of aromatic nitrogens is 2. The van der Waals surface area contributed by atoms with Gasteiger partial charge in [0.2, 0.25) is 0 Å². The maximum atomic E-state index is 4.84. The van der Waals surface area contributed by atoms with E-state index < -0.39 is 0 Å². The molecular weight excluding hydrogens is 287 g/mol. The molecule has 1 atom stereocenters. The van der Waals surface area contributed by atoms with Crippen LogP contribution in [0, 0.1) is 23.2 Å². The smallest absolute Gasteiger partial charge is 0.0894 e. The Kier molecular flexibility index (Phi) is 3.05. The maximum Gasteiger partial charge on any atom is 0.0894 e. The van der Waals surface area contributed by atoms with Crippen molar-refractivity contribution in [1.82, 2.24) is 9.97 Å². The lowest BCUT2D eigenvalue weighted by atomic mass is 9.50. The third-order valence-electron chi connectivity index (χ3n) is 6.26. The van der Waals surface area contributed by atoms with Gasteiger partial charge in [-0.1, -0.05) is 20.7 Å². The van der Waals surface area contributed by atoms with E-state index in [1.54, 1.807) is 0 Å². The van der Waals surface area contributed by atoms with Crippen LogP contribution in [0.5, 0.6) is 0 Å². The van der Waals surface area contributed by atoms with Crippen LogP contribution in [0.4, 0.5) is 0 Å².